The van der Waals surface area contributed by atoms with Crippen LogP contribution in [0.1, 0.15) is 50.4 Å². The lowest BCUT2D eigenvalue weighted by Crippen LogP contribution is -2.44. The van der Waals surface area contributed by atoms with E-state index in [1.807, 2.05) is 6.92 Å². The lowest BCUT2D eigenvalue weighted by molar-refractivity contribution is -0.137. The van der Waals surface area contributed by atoms with E-state index in [1.54, 1.807) is 18.7 Å². The van der Waals surface area contributed by atoms with E-state index < -0.39 is 34.0 Å². The van der Waals surface area contributed by atoms with Gasteiger partial charge in [0.2, 0.25) is 10.0 Å². The molecule has 0 radical (unpaired) electrons. The molecule has 1 atom stereocenters. The van der Waals surface area contributed by atoms with Crippen molar-refractivity contribution in [2.75, 3.05) is 26.2 Å². The molecule has 2 rings (SSSR count). The van der Waals surface area contributed by atoms with Gasteiger partial charge in [-0.15, -0.1) is 0 Å². The highest BCUT2D eigenvalue weighted by molar-refractivity contribution is 7.89. The number of carbonyl (C=O) groups is 2. The third-order valence-corrected chi connectivity index (χ3v) is 7.00. The van der Waals surface area contributed by atoms with Gasteiger partial charge in [-0.3, -0.25) is 4.79 Å². The molecule has 0 aliphatic carbocycles. The van der Waals surface area contributed by atoms with Crippen molar-refractivity contribution >= 4 is 21.9 Å². The van der Waals surface area contributed by atoms with E-state index in [4.69, 9.17) is 4.74 Å². The zero-order valence-electron chi connectivity index (χ0n) is 16.5. The number of sulfonamides is 1. The third-order valence-electron chi connectivity index (χ3n) is 4.95. The average molecular weight is 414 g/mol. The fourth-order valence-electron chi connectivity index (χ4n) is 3.29. The van der Waals surface area contributed by atoms with Crippen LogP contribution in [0, 0.1) is 5.82 Å². The smallest absolute Gasteiger partial charge is 0.341 e. The normalized spacial score (nSPS) is 17.6. The summed E-state index contributed by atoms with van der Waals surface area (Å²) in [7, 11) is -3.85. The first-order valence-corrected chi connectivity index (χ1v) is 10.9. The summed E-state index contributed by atoms with van der Waals surface area (Å²) in [6, 6.07) is 3.06. The molecular formula is C19H27FN2O5S. The summed E-state index contributed by atoms with van der Waals surface area (Å²) in [5, 5.41) is 0. The quantitative estimate of drug-likeness (QED) is 0.640. The summed E-state index contributed by atoms with van der Waals surface area (Å²) < 4.78 is 45.4. The Kier molecular flexibility index (Phi) is 7.54. The Morgan fingerprint density at radius 3 is 2.54 bits per heavy atom. The van der Waals surface area contributed by atoms with Gasteiger partial charge in [-0.2, -0.15) is 4.31 Å². The predicted molar refractivity (Wildman–Crippen MR) is 102 cm³/mol. The van der Waals surface area contributed by atoms with Gasteiger partial charge in [0.25, 0.3) is 5.91 Å². The molecule has 28 heavy (non-hydrogen) atoms. The van der Waals surface area contributed by atoms with E-state index in [2.05, 4.69) is 0 Å². The van der Waals surface area contributed by atoms with Crippen LogP contribution in [0.15, 0.2) is 23.1 Å². The number of ether oxygens (including phenoxy) is 1. The van der Waals surface area contributed by atoms with Crippen LogP contribution in [0.4, 0.5) is 4.39 Å². The van der Waals surface area contributed by atoms with Crippen LogP contribution >= 0.6 is 0 Å². The first kappa shape index (κ1) is 22.3. The van der Waals surface area contributed by atoms with Gasteiger partial charge in [0.05, 0.1) is 10.5 Å². The molecule has 0 N–H and O–H groups in total. The van der Waals surface area contributed by atoms with Gasteiger partial charge in [0.1, 0.15) is 5.82 Å². The highest BCUT2D eigenvalue weighted by Gasteiger charge is 2.27. The highest BCUT2D eigenvalue weighted by atomic mass is 32.2. The van der Waals surface area contributed by atoms with Crippen LogP contribution in [0.5, 0.6) is 0 Å². The zero-order valence-corrected chi connectivity index (χ0v) is 17.3. The molecule has 156 valence electrons. The summed E-state index contributed by atoms with van der Waals surface area (Å²) in [6.45, 7) is 5.90. The van der Waals surface area contributed by atoms with E-state index in [0.29, 0.717) is 6.54 Å². The van der Waals surface area contributed by atoms with Crippen molar-refractivity contribution in [3.05, 3.63) is 29.6 Å². The number of nitrogens with zero attached hydrogens (tertiary/aromatic N) is 2. The van der Waals surface area contributed by atoms with Gasteiger partial charge < -0.3 is 9.64 Å². The Hall–Kier alpha value is -2.00. The number of hydrogen-bond donors (Lipinski definition) is 0. The Labute approximate surface area is 165 Å². The highest BCUT2D eigenvalue weighted by Crippen LogP contribution is 2.20. The molecule has 0 aromatic heterocycles. The van der Waals surface area contributed by atoms with Crippen LogP contribution in [-0.2, 0) is 19.6 Å². The Bertz CT molecular complexity index is 824. The maximum atomic E-state index is 14.1. The molecule has 1 aliphatic rings. The number of esters is 1. The molecule has 1 fully saturated rings. The second kappa shape index (κ2) is 9.47. The summed E-state index contributed by atoms with van der Waals surface area (Å²) >= 11 is 0. The number of likely N-dealkylation sites (tertiary alicyclic amines) is 1. The largest absolute Gasteiger partial charge is 0.452 e. The minimum absolute atomic E-state index is 0.0687. The second-order valence-corrected chi connectivity index (χ2v) is 8.68. The molecule has 1 aromatic rings. The van der Waals surface area contributed by atoms with Crippen molar-refractivity contribution in [1.82, 2.24) is 9.21 Å². The van der Waals surface area contributed by atoms with Gasteiger partial charge >= 0.3 is 5.97 Å². The fraction of sp³-hybridized carbons (Fsp3) is 0.579. The minimum Gasteiger partial charge on any atom is -0.452 e. The lowest BCUT2D eigenvalue weighted by Gasteiger charge is -2.33. The number of hydrogen-bond acceptors (Lipinski definition) is 5. The van der Waals surface area contributed by atoms with Crippen LogP contribution in [0.2, 0.25) is 0 Å². The molecule has 1 aliphatic heterocycles. The number of piperidine rings is 1. The maximum Gasteiger partial charge on any atom is 0.341 e. The monoisotopic (exact) mass is 414 g/mol. The number of carbonyl (C=O) groups excluding carboxylic acids is 2. The number of rotatable bonds is 7. The zero-order chi connectivity index (χ0) is 20.9. The van der Waals surface area contributed by atoms with Gasteiger partial charge in [0, 0.05) is 25.7 Å². The molecular weight excluding hydrogens is 387 g/mol. The first-order chi connectivity index (χ1) is 13.2. The van der Waals surface area contributed by atoms with Crippen molar-refractivity contribution in [1.29, 1.82) is 0 Å². The molecule has 7 nitrogen and oxygen atoms in total. The fourth-order valence-corrected chi connectivity index (χ4v) is 4.78. The SMILES string of the molecule is CCN(CC)S(=O)(=O)c1ccc(F)c(C(=O)OCC(=O)N2CCCCC2C)c1. The Morgan fingerprint density at radius 1 is 1.25 bits per heavy atom. The molecule has 9 heteroatoms. The molecule has 0 saturated carbocycles. The lowest BCUT2D eigenvalue weighted by atomic mass is 10.0. The molecule has 1 amide bonds. The summed E-state index contributed by atoms with van der Waals surface area (Å²) in [6.07, 6.45) is 2.83. The van der Waals surface area contributed by atoms with E-state index in [9.17, 15) is 22.4 Å². The Balaban J connectivity index is 2.14. The molecule has 1 heterocycles. The molecule has 0 bridgehead atoms. The topological polar surface area (TPSA) is 84.0 Å². The van der Waals surface area contributed by atoms with E-state index in [-0.39, 0.29) is 29.9 Å². The van der Waals surface area contributed by atoms with Gasteiger partial charge in [-0.1, -0.05) is 13.8 Å². The van der Waals surface area contributed by atoms with E-state index in [1.165, 1.54) is 4.31 Å². The van der Waals surface area contributed by atoms with Crippen LogP contribution in [-0.4, -0.2) is 61.8 Å². The van der Waals surface area contributed by atoms with Gasteiger partial charge in [-0.05, 0) is 44.4 Å². The van der Waals surface area contributed by atoms with Crippen LogP contribution in [0.3, 0.4) is 0 Å². The summed E-state index contributed by atoms with van der Waals surface area (Å²) in [5.74, 6) is -2.30. The van der Waals surface area contributed by atoms with Gasteiger partial charge in [-0.25, -0.2) is 17.6 Å². The number of benzene rings is 1. The van der Waals surface area contributed by atoms with Crippen LogP contribution in [0.25, 0.3) is 0 Å². The maximum absolute atomic E-state index is 14.1. The van der Waals surface area contributed by atoms with E-state index >= 15 is 0 Å². The van der Waals surface area contributed by atoms with Crippen molar-refractivity contribution < 1.29 is 27.1 Å². The predicted octanol–water partition coefficient (Wildman–Crippen LogP) is 2.41. The van der Waals surface area contributed by atoms with Gasteiger partial charge in [0.15, 0.2) is 6.61 Å². The first-order valence-electron chi connectivity index (χ1n) is 9.48. The minimum atomic E-state index is -3.85. The third kappa shape index (κ3) is 4.88. The molecule has 1 aromatic carbocycles. The molecule has 1 unspecified atom stereocenters. The number of halogens is 1. The standard InChI is InChI=1S/C19H27FN2O5S/c1-4-21(5-2)28(25,26)15-9-10-17(20)16(12-15)19(24)27-13-18(23)22-11-7-6-8-14(22)3/h9-10,12,14H,4-8,11,13H2,1-3H3. The molecule has 1 saturated heterocycles. The van der Waals surface area contributed by atoms with E-state index in [0.717, 1.165) is 37.5 Å². The Morgan fingerprint density at radius 2 is 1.93 bits per heavy atom. The number of amides is 1. The summed E-state index contributed by atoms with van der Waals surface area (Å²) in [4.78, 5) is 26.0. The average Bonchev–Trinajstić information content (AvgIpc) is 2.67. The van der Waals surface area contributed by atoms with Crippen molar-refractivity contribution in [3.8, 4) is 0 Å². The van der Waals surface area contributed by atoms with Crippen molar-refractivity contribution in [2.45, 2.75) is 51.0 Å². The van der Waals surface area contributed by atoms with Crippen LogP contribution < -0.4 is 0 Å². The molecule has 0 spiro atoms. The second-order valence-electron chi connectivity index (χ2n) is 6.74. The van der Waals surface area contributed by atoms with Crippen molar-refractivity contribution in [3.63, 3.8) is 0 Å². The van der Waals surface area contributed by atoms with Crippen molar-refractivity contribution in [2.24, 2.45) is 0 Å². The summed E-state index contributed by atoms with van der Waals surface area (Å²) in [5.41, 5.74) is -0.507.